The number of benzene rings is 1. The molecule has 1 N–H and O–H groups in total. The summed E-state index contributed by atoms with van der Waals surface area (Å²) in [6.45, 7) is 5.44. The molecule has 1 aliphatic heterocycles. The Labute approximate surface area is 126 Å². The standard InChI is InChI=1S/C17H25FN2O/c1-12(16-6-5-15(21-2)9-17(16)18)19-10-13-7-8-20(11-13)14-3-4-14/h5-6,9,12-14,19H,3-4,7-8,10-11H2,1-2H3. The van der Waals surface area contributed by atoms with Crippen LogP contribution in [-0.4, -0.2) is 37.7 Å². The number of ether oxygens (including phenoxy) is 1. The number of hydrogen-bond acceptors (Lipinski definition) is 3. The predicted octanol–water partition coefficient (Wildman–Crippen LogP) is 2.97. The maximum Gasteiger partial charge on any atom is 0.131 e. The van der Waals surface area contributed by atoms with E-state index in [0.717, 1.165) is 12.6 Å². The van der Waals surface area contributed by atoms with Crippen LogP contribution in [0.3, 0.4) is 0 Å². The summed E-state index contributed by atoms with van der Waals surface area (Å²) in [4.78, 5) is 2.62. The monoisotopic (exact) mass is 292 g/mol. The molecule has 0 bridgehead atoms. The molecule has 3 rings (SSSR count). The summed E-state index contributed by atoms with van der Waals surface area (Å²) in [5.41, 5.74) is 0.716. The highest BCUT2D eigenvalue weighted by molar-refractivity contribution is 5.30. The van der Waals surface area contributed by atoms with Gasteiger partial charge in [-0.15, -0.1) is 0 Å². The van der Waals surface area contributed by atoms with Gasteiger partial charge in [0.05, 0.1) is 7.11 Å². The summed E-state index contributed by atoms with van der Waals surface area (Å²) < 4.78 is 19.1. The van der Waals surface area contributed by atoms with Gasteiger partial charge in [0.1, 0.15) is 11.6 Å². The summed E-state index contributed by atoms with van der Waals surface area (Å²) in [6, 6.07) is 5.99. The van der Waals surface area contributed by atoms with E-state index in [1.54, 1.807) is 7.11 Å². The fourth-order valence-corrected chi connectivity index (χ4v) is 3.24. The van der Waals surface area contributed by atoms with Gasteiger partial charge in [-0.05, 0) is 51.3 Å². The minimum absolute atomic E-state index is 0.0332. The van der Waals surface area contributed by atoms with Crippen LogP contribution in [0.1, 0.15) is 37.8 Å². The van der Waals surface area contributed by atoms with Gasteiger partial charge >= 0.3 is 0 Å². The highest BCUT2D eigenvalue weighted by Crippen LogP contribution is 2.31. The van der Waals surface area contributed by atoms with Crippen molar-refractivity contribution in [3.05, 3.63) is 29.6 Å². The maximum atomic E-state index is 14.0. The van der Waals surface area contributed by atoms with Crippen molar-refractivity contribution in [1.82, 2.24) is 10.2 Å². The van der Waals surface area contributed by atoms with Crippen molar-refractivity contribution in [2.24, 2.45) is 5.92 Å². The maximum absolute atomic E-state index is 14.0. The van der Waals surface area contributed by atoms with Gasteiger partial charge in [-0.25, -0.2) is 4.39 Å². The highest BCUT2D eigenvalue weighted by Gasteiger charge is 2.34. The Morgan fingerprint density at radius 2 is 2.19 bits per heavy atom. The van der Waals surface area contributed by atoms with Crippen molar-refractivity contribution in [2.75, 3.05) is 26.7 Å². The molecule has 0 radical (unpaired) electrons. The summed E-state index contributed by atoms with van der Waals surface area (Å²) in [5, 5.41) is 3.49. The smallest absolute Gasteiger partial charge is 0.131 e. The zero-order valence-electron chi connectivity index (χ0n) is 12.9. The van der Waals surface area contributed by atoms with Crippen LogP contribution in [0.4, 0.5) is 4.39 Å². The van der Waals surface area contributed by atoms with Gasteiger partial charge in [0, 0.05) is 30.3 Å². The van der Waals surface area contributed by atoms with Crippen LogP contribution in [0.5, 0.6) is 5.75 Å². The Morgan fingerprint density at radius 1 is 1.38 bits per heavy atom. The molecule has 116 valence electrons. The molecule has 1 aromatic carbocycles. The molecule has 21 heavy (non-hydrogen) atoms. The van der Waals surface area contributed by atoms with Crippen LogP contribution in [0.15, 0.2) is 18.2 Å². The molecular weight excluding hydrogens is 267 g/mol. The van der Waals surface area contributed by atoms with Crippen molar-refractivity contribution in [3.8, 4) is 5.75 Å². The third-order valence-corrected chi connectivity index (χ3v) is 4.77. The lowest BCUT2D eigenvalue weighted by Gasteiger charge is -2.19. The molecule has 0 amide bonds. The average molecular weight is 292 g/mol. The van der Waals surface area contributed by atoms with E-state index < -0.39 is 0 Å². The van der Waals surface area contributed by atoms with Gasteiger partial charge in [-0.2, -0.15) is 0 Å². The average Bonchev–Trinajstić information content (AvgIpc) is 3.23. The van der Waals surface area contributed by atoms with Gasteiger partial charge in [0.2, 0.25) is 0 Å². The Morgan fingerprint density at radius 3 is 2.86 bits per heavy atom. The van der Waals surface area contributed by atoms with Crippen molar-refractivity contribution < 1.29 is 9.13 Å². The normalized spacial score (nSPS) is 24.2. The number of halogens is 1. The van der Waals surface area contributed by atoms with Gasteiger partial charge in [-0.1, -0.05) is 6.07 Å². The number of likely N-dealkylation sites (tertiary alicyclic amines) is 1. The Balaban J connectivity index is 1.50. The summed E-state index contributed by atoms with van der Waals surface area (Å²) in [6.07, 6.45) is 4.03. The first-order valence-electron chi connectivity index (χ1n) is 7.98. The molecule has 1 saturated heterocycles. The lowest BCUT2D eigenvalue weighted by atomic mass is 10.1. The SMILES string of the molecule is COc1ccc(C(C)NCC2CCN(C3CC3)C2)c(F)c1. The van der Waals surface area contributed by atoms with Crippen LogP contribution in [0.25, 0.3) is 0 Å². The zero-order chi connectivity index (χ0) is 14.8. The highest BCUT2D eigenvalue weighted by atomic mass is 19.1. The lowest BCUT2D eigenvalue weighted by molar-refractivity contribution is 0.309. The topological polar surface area (TPSA) is 24.5 Å². The Hall–Kier alpha value is -1.13. The van der Waals surface area contributed by atoms with E-state index in [-0.39, 0.29) is 11.9 Å². The second-order valence-electron chi connectivity index (χ2n) is 6.40. The van der Waals surface area contributed by atoms with Crippen molar-refractivity contribution in [2.45, 2.75) is 38.3 Å². The van der Waals surface area contributed by atoms with Crippen molar-refractivity contribution in [1.29, 1.82) is 0 Å². The number of nitrogens with one attached hydrogen (secondary N) is 1. The molecule has 4 heteroatoms. The summed E-state index contributed by atoms with van der Waals surface area (Å²) >= 11 is 0. The Kier molecular flexibility index (Phi) is 4.45. The van der Waals surface area contributed by atoms with E-state index in [1.165, 1.54) is 38.4 Å². The molecule has 3 nitrogen and oxygen atoms in total. The first-order chi connectivity index (χ1) is 10.2. The molecular formula is C17H25FN2O. The second kappa shape index (κ2) is 6.32. The number of methoxy groups -OCH3 is 1. The molecule has 2 unspecified atom stereocenters. The zero-order valence-corrected chi connectivity index (χ0v) is 12.9. The molecule has 0 aromatic heterocycles. The molecule has 0 spiro atoms. The third kappa shape index (κ3) is 3.55. The van der Waals surface area contributed by atoms with E-state index in [1.807, 2.05) is 19.1 Å². The van der Waals surface area contributed by atoms with Gasteiger partial charge in [-0.3, -0.25) is 0 Å². The quantitative estimate of drug-likeness (QED) is 0.872. The molecule has 1 aromatic rings. The van der Waals surface area contributed by atoms with Gasteiger partial charge in [0.25, 0.3) is 0 Å². The largest absolute Gasteiger partial charge is 0.497 e. The van der Waals surface area contributed by atoms with E-state index >= 15 is 0 Å². The first-order valence-corrected chi connectivity index (χ1v) is 7.98. The minimum Gasteiger partial charge on any atom is -0.497 e. The fraction of sp³-hybridized carbons (Fsp3) is 0.647. The molecule has 1 aliphatic carbocycles. The molecule has 2 atom stereocenters. The lowest BCUT2D eigenvalue weighted by Crippen LogP contribution is -2.29. The van der Waals surface area contributed by atoms with Crippen LogP contribution < -0.4 is 10.1 Å². The predicted molar refractivity (Wildman–Crippen MR) is 82.1 cm³/mol. The molecule has 1 saturated carbocycles. The van der Waals surface area contributed by atoms with Crippen molar-refractivity contribution in [3.63, 3.8) is 0 Å². The third-order valence-electron chi connectivity index (χ3n) is 4.77. The second-order valence-corrected chi connectivity index (χ2v) is 6.40. The van der Waals surface area contributed by atoms with E-state index in [4.69, 9.17) is 4.74 Å². The van der Waals surface area contributed by atoms with Crippen LogP contribution in [-0.2, 0) is 0 Å². The van der Waals surface area contributed by atoms with Crippen molar-refractivity contribution >= 4 is 0 Å². The molecule has 2 aliphatic rings. The molecule has 2 fully saturated rings. The van der Waals surface area contributed by atoms with E-state index in [9.17, 15) is 4.39 Å². The van der Waals surface area contributed by atoms with Crippen LogP contribution in [0, 0.1) is 11.7 Å². The minimum atomic E-state index is -0.194. The fourth-order valence-electron chi connectivity index (χ4n) is 3.24. The first kappa shape index (κ1) is 14.8. The van der Waals surface area contributed by atoms with Gasteiger partial charge in [0.15, 0.2) is 0 Å². The summed E-state index contributed by atoms with van der Waals surface area (Å²) in [7, 11) is 1.56. The van der Waals surface area contributed by atoms with E-state index in [0.29, 0.717) is 17.2 Å². The van der Waals surface area contributed by atoms with Crippen LogP contribution in [0.2, 0.25) is 0 Å². The number of hydrogen-bond donors (Lipinski definition) is 1. The number of nitrogens with zero attached hydrogens (tertiary/aromatic N) is 1. The molecule has 1 heterocycles. The number of rotatable bonds is 6. The van der Waals surface area contributed by atoms with Gasteiger partial charge < -0.3 is 15.0 Å². The van der Waals surface area contributed by atoms with Crippen LogP contribution >= 0.6 is 0 Å². The van der Waals surface area contributed by atoms with E-state index in [2.05, 4.69) is 10.2 Å². The Bertz CT molecular complexity index is 490. The summed E-state index contributed by atoms with van der Waals surface area (Å²) in [5.74, 6) is 1.08.